The van der Waals surface area contributed by atoms with Crippen LogP contribution in [-0.2, 0) is 0 Å². The molecule has 4 aromatic rings. The fourth-order valence-corrected chi connectivity index (χ4v) is 3.69. The standard InChI is InChI=1S/C20H16Cl2N8O/c1-30(4-5-31)16-8-15(25-10-26-16)28-20-18-14(2-3-24-20)27-19(29-18)17-12(21)6-11(9-23)7-13(17)22/h2-3,6-8,10,31H,4-5H2,1H3,(H,27,29)(H,24,25,26,28). The summed E-state index contributed by atoms with van der Waals surface area (Å²) in [5.41, 5.74) is 2.15. The van der Waals surface area contributed by atoms with Gasteiger partial charge in [-0.3, -0.25) is 0 Å². The number of nitrogens with zero attached hydrogens (tertiary/aromatic N) is 6. The molecule has 0 amide bonds. The minimum absolute atomic E-state index is 0.0145. The van der Waals surface area contributed by atoms with Crippen molar-refractivity contribution in [2.24, 2.45) is 0 Å². The van der Waals surface area contributed by atoms with E-state index < -0.39 is 0 Å². The summed E-state index contributed by atoms with van der Waals surface area (Å²) in [5.74, 6) is 2.11. The van der Waals surface area contributed by atoms with Gasteiger partial charge in [0.05, 0.1) is 39.4 Å². The molecule has 0 bridgehead atoms. The first-order valence-electron chi connectivity index (χ1n) is 9.15. The molecule has 0 atom stereocenters. The summed E-state index contributed by atoms with van der Waals surface area (Å²) < 4.78 is 0. The third-order valence-corrected chi connectivity index (χ3v) is 5.13. The lowest BCUT2D eigenvalue weighted by Gasteiger charge is -2.17. The number of fused-ring (bicyclic) bond motifs is 1. The molecule has 0 fully saturated rings. The Bertz CT molecular complexity index is 1280. The molecular weight excluding hydrogens is 439 g/mol. The molecule has 0 radical (unpaired) electrons. The maximum atomic E-state index is 9.13. The average molecular weight is 455 g/mol. The molecule has 156 valence electrons. The predicted octanol–water partition coefficient (Wildman–Crippen LogP) is 3.77. The van der Waals surface area contributed by atoms with Gasteiger partial charge in [-0.2, -0.15) is 5.26 Å². The Morgan fingerprint density at radius 1 is 1.19 bits per heavy atom. The highest BCUT2D eigenvalue weighted by molar-refractivity contribution is 6.39. The molecule has 0 unspecified atom stereocenters. The Hall–Kier alpha value is -3.45. The van der Waals surface area contributed by atoms with Gasteiger partial charge in [-0.15, -0.1) is 0 Å². The number of nitrogens with one attached hydrogen (secondary N) is 2. The first kappa shape index (κ1) is 20.8. The summed E-state index contributed by atoms with van der Waals surface area (Å²) in [5, 5.41) is 22.0. The minimum Gasteiger partial charge on any atom is -0.395 e. The van der Waals surface area contributed by atoms with E-state index in [2.05, 4.69) is 30.2 Å². The number of nitriles is 1. The van der Waals surface area contributed by atoms with E-state index in [0.717, 1.165) is 5.52 Å². The first-order chi connectivity index (χ1) is 15.0. The fourth-order valence-electron chi connectivity index (χ4n) is 3.02. The smallest absolute Gasteiger partial charge is 0.159 e. The van der Waals surface area contributed by atoms with Crippen molar-refractivity contribution >= 4 is 51.7 Å². The maximum absolute atomic E-state index is 9.13. The van der Waals surface area contributed by atoms with E-state index in [9.17, 15) is 0 Å². The number of rotatable bonds is 6. The van der Waals surface area contributed by atoms with Gasteiger partial charge in [0.2, 0.25) is 0 Å². The maximum Gasteiger partial charge on any atom is 0.159 e. The van der Waals surface area contributed by atoms with Crippen molar-refractivity contribution in [3.8, 4) is 17.5 Å². The van der Waals surface area contributed by atoms with E-state index in [-0.39, 0.29) is 6.61 Å². The number of likely N-dealkylation sites (N-methyl/N-ethyl adjacent to an activating group) is 1. The van der Waals surface area contributed by atoms with Crippen LogP contribution in [0.3, 0.4) is 0 Å². The molecule has 0 aliphatic rings. The van der Waals surface area contributed by atoms with Gasteiger partial charge >= 0.3 is 0 Å². The van der Waals surface area contributed by atoms with Crippen molar-refractivity contribution in [3.63, 3.8) is 0 Å². The van der Waals surface area contributed by atoms with Crippen LogP contribution in [0.5, 0.6) is 0 Å². The van der Waals surface area contributed by atoms with E-state index in [1.54, 1.807) is 30.5 Å². The van der Waals surface area contributed by atoms with Gasteiger partial charge in [0.25, 0.3) is 0 Å². The number of hydrogen-bond donors (Lipinski definition) is 3. The summed E-state index contributed by atoms with van der Waals surface area (Å²) in [4.78, 5) is 22.4. The number of benzene rings is 1. The Morgan fingerprint density at radius 3 is 2.68 bits per heavy atom. The molecule has 11 heteroatoms. The predicted molar refractivity (Wildman–Crippen MR) is 120 cm³/mol. The highest BCUT2D eigenvalue weighted by Crippen LogP contribution is 2.36. The molecule has 9 nitrogen and oxygen atoms in total. The van der Waals surface area contributed by atoms with Gasteiger partial charge in [0.1, 0.15) is 29.3 Å². The zero-order valence-electron chi connectivity index (χ0n) is 16.3. The van der Waals surface area contributed by atoms with Crippen LogP contribution in [0.4, 0.5) is 17.5 Å². The van der Waals surface area contributed by atoms with Crippen LogP contribution in [0.2, 0.25) is 10.0 Å². The summed E-state index contributed by atoms with van der Waals surface area (Å²) in [6.07, 6.45) is 3.06. The second-order valence-corrected chi connectivity index (χ2v) is 7.41. The molecule has 31 heavy (non-hydrogen) atoms. The number of anilines is 3. The molecule has 0 spiro atoms. The van der Waals surface area contributed by atoms with Gasteiger partial charge < -0.3 is 20.3 Å². The molecule has 0 aliphatic carbocycles. The van der Waals surface area contributed by atoms with Crippen LogP contribution in [0.15, 0.2) is 36.8 Å². The number of aliphatic hydroxyl groups excluding tert-OH is 1. The molecular formula is C20H16Cl2N8O. The molecule has 0 saturated heterocycles. The molecule has 3 aromatic heterocycles. The van der Waals surface area contributed by atoms with Gasteiger partial charge in [-0.25, -0.2) is 19.9 Å². The van der Waals surface area contributed by atoms with Gasteiger partial charge in [0.15, 0.2) is 5.82 Å². The first-order valence-corrected chi connectivity index (χ1v) is 9.91. The lowest BCUT2D eigenvalue weighted by molar-refractivity contribution is 0.304. The lowest BCUT2D eigenvalue weighted by Crippen LogP contribution is -2.22. The van der Waals surface area contributed by atoms with Crippen LogP contribution >= 0.6 is 23.2 Å². The van der Waals surface area contributed by atoms with E-state index in [0.29, 0.717) is 56.5 Å². The Balaban J connectivity index is 1.72. The largest absolute Gasteiger partial charge is 0.395 e. The monoisotopic (exact) mass is 454 g/mol. The van der Waals surface area contributed by atoms with Gasteiger partial charge in [-0.05, 0) is 18.2 Å². The van der Waals surface area contributed by atoms with Crippen molar-refractivity contribution in [2.75, 3.05) is 30.4 Å². The summed E-state index contributed by atoms with van der Waals surface area (Å²) >= 11 is 12.7. The third kappa shape index (κ3) is 4.22. The molecule has 0 aliphatic heterocycles. The van der Waals surface area contributed by atoms with Crippen LogP contribution in [0.25, 0.3) is 22.4 Å². The number of aliphatic hydroxyl groups is 1. The third-order valence-electron chi connectivity index (χ3n) is 4.53. The number of hydrogen-bond acceptors (Lipinski definition) is 8. The number of pyridine rings is 1. The molecule has 0 saturated carbocycles. The second-order valence-electron chi connectivity index (χ2n) is 6.60. The molecule has 3 N–H and O–H groups in total. The van der Waals surface area contributed by atoms with E-state index in [1.165, 1.54) is 6.33 Å². The van der Waals surface area contributed by atoms with Crippen molar-refractivity contribution < 1.29 is 5.11 Å². The normalized spacial score (nSPS) is 10.8. The van der Waals surface area contributed by atoms with Gasteiger partial charge in [-0.1, -0.05) is 23.2 Å². The van der Waals surface area contributed by atoms with E-state index >= 15 is 0 Å². The number of H-pyrrole nitrogens is 1. The number of aromatic nitrogens is 5. The highest BCUT2D eigenvalue weighted by atomic mass is 35.5. The Morgan fingerprint density at radius 2 is 1.97 bits per heavy atom. The van der Waals surface area contributed by atoms with Crippen molar-refractivity contribution in [2.45, 2.75) is 0 Å². The number of imidazole rings is 1. The number of halogens is 2. The number of aromatic amines is 1. The lowest BCUT2D eigenvalue weighted by atomic mass is 10.1. The quantitative estimate of drug-likeness (QED) is 0.401. The molecule has 3 heterocycles. The van der Waals surface area contributed by atoms with Crippen LogP contribution < -0.4 is 10.2 Å². The van der Waals surface area contributed by atoms with Crippen LogP contribution in [0, 0.1) is 11.3 Å². The van der Waals surface area contributed by atoms with Crippen molar-refractivity contribution in [1.29, 1.82) is 5.26 Å². The van der Waals surface area contributed by atoms with Gasteiger partial charge in [0, 0.05) is 25.9 Å². The SMILES string of the molecule is CN(CCO)c1cc(Nc2nccc3[nH]c(-c4c(Cl)cc(C#N)cc4Cl)nc23)ncn1. The zero-order valence-corrected chi connectivity index (χ0v) is 17.8. The minimum atomic E-state index is 0.0145. The Kier molecular flexibility index (Phi) is 5.86. The fraction of sp³-hybridized carbons (Fsp3) is 0.150. The summed E-state index contributed by atoms with van der Waals surface area (Å²) in [7, 11) is 1.83. The van der Waals surface area contributed by atoms with Crippen molar-refractivity contribution in [3.05, 3.63) is 52.4 Å². The Labute approximate surface area is 187 Å². The molecule has 1 aromatic carbocycles. The van der Waals surface area contributed by atoms with Crippen molar-refractivity contribution in [1.82, 2.24) is 24.9 Å². The topological polar surface area (TPSA) is 127 Å². The summed E-state index contributed by atoms with van der Waals surface area (Å²) in [6.45, 7) is 0.458. The summed E-state index contributed by atoms with van der Waals surface area (Å²) in [6, 6.07) is 8.63. The average Bonchev–Trinajstić information content (AvgIpc) is 3.18. The molecule has 4 rings (SSSR count). The highest BCUT2D eigenvalue weighted by Gasteiger charge is 2.17. The van der Waals surface area contributed by atoms with E-state index in [1.807, 2.05) is 18.0 Å². The van der Waals surface area contributed by atoms with E-state index in [4.69, 9.17) is 33.6 Å². The second kappa shape index (κ2) is 8.73. The van der Waals surface area contributed by atoms with Crippen LogP contribution in [-0.4, -0.2) is 50.2 Å². The van der Waals surface area contributed by atoms with Crippen LogP contribution in [0.1, 0.15) is 5.56 Å². The zero-order chi connectivity index (χ0) is 22.0.